The molecule has 0 radical (unpaired) electrons. The Bertz CT molecular complexity index is 1300. The Hall–Kier alpha value is -3.48. The summed E-state index contributed by atoms with van der Waals surface area (Å²) < 4.78 is 11.2. The van der Waals surface area contributed by atoms with Crippen LogP contribution in [0.4, 0.5) is 5.69 Å². The molecule has 0 saturated carbocycles. The second kappa shape index (κ2) is 10.4. The molecule has 8 heteroatoms. The molecule has 1 amide bonds. The number of carbonyl (C=O) groups is 2. The lowest BCUT2D eigenvalue weighted by molar-refractivity contribution is -0.132. The smallest absolute Gasteiger partial charge is 0.300 e. The molecule has 3 aromatic rings. The lowest BCUT2D eigenvalue weighted by atomic mass is 9.95. The van der Waals surface area contributed by atoms with Gasteiger partial charge in [-0.15, -0.1) is 0 Å². The number of hydrogen-bond acceptors (Lipinski definition) is 5. The quantitative estimate of drug-likeness (QED) is 0.225. The molecule has 1 N–H and O–H groups in total. The maximum Gasteiger partial charge on any atom is 0.300 e. The van der Waals surface area contributed by atoms with Crippen LogP contribution < -0.4 is 14.4 Å². The molecule has 1 aliphatic heterocycles. The standard InChI is InChI=1S/C27H23Cl2NO5/c1-3-34-19-7-5-6-16(14-19)24-23(25(31)21-15-20(35-4-2)12-13-22(21)29)26(32)27(33)30(24)18-10-8-17(28)9-11-18/h5-15,24,31H,3-4H2,1-2H3/b25-23+. The second-order valence-electron chi connectivity index (χ2n) is 7.73. The Labute approximate surface area is 213 Å². The van der Waals surface area contributed by atoms with Gasteiger partial charge in [0, 0.05) is 16.3 Å². The molecule has 6 nitrogen and oxygen atoms in total. The van der Waals surface area contributed by atoms with E-state index in [1.807, 2.05) is 13.8 Å². The Morgan fingerprint density at radius 2 is 1.57 bits per heavy atom. The molecular weight excluding hydrogens is 489 g/mol. The predicted octanol–water partition coefficient (Wildman–Crippen LogP) is 6.42. The predicted molar refractivity (Wildman–Crippen MR) is 136 cm³/mol. The molecule has 0 aliphatic carbocycles. The van der Waals surface area contributed by atoms with Gasteiger partial charge in [0.05, 0.1) is 29.9 Å². The fourth-order valence-electron chi connectivity index (χ4n) is 4.04. The van der Waals surface area contributed by atoms with Gasteiger partial charge in [0.2, 0.25) is 0 Å². The van der Waals surface area contributed by atoms with Crippen molar-refractivity contribution in [1.82, 2.24) is 0 Å². The third kappa shape index (κ3) is 4.85. The van der Waals surface area contributed by atoms with Crippen LogP contribution in [0.5, 0.6) is 11.5 Å². The molecule has 180 valence electrons. The van der Waals surface area contributed by atoms with Crippen molar-refractivity contribution >= 4 is 46.3 Å². The van der Waals surface area contributed by atoms with Gasteiger partial charge in [0.1, 0.15) is 17.3 Å². The number of halogens is 2. The lowest BCUT2D eigenvalue weighted by Gasteiger charge is -2.26. The summed E-state index contributed by atoms with van der Waals surface area (Å²) in [6.07, 6.45) is 0. The SMILES string of the molecule is CCOc1cccc(C2/C(=C(\O)c3cc(OCC)ccc3Cl)C(=O)C(=O)N2c2ccc(Cl)cc2)c1. The number of amides is 1. The minimum atomic E-state index is -0.927. The number of anilines is 1. The normalized spacial score (nSPS) is 17.0. The van der Waals surface area contributed by atoms with Crippen LogP contribution in [-0.2, 0) is 9.59 Å². The van der Waals surface area contributed by atoms with Gasteiger partial charge in [-0.2, -0.15) is 0 Å². The Morgan fingerprint density at radius 3 is 2.23 bits per heavy atom. The van der Waals surface area contributed by atoms with Crippen LogP contribution in [0.25, 0.3) is 5.76 Å². The van der Waals surface area contributed by atoms with Crippen molar-refractivity contribution < 1.29 is 24.2 Å². The number of aliphatic hydroxyl groups excluding tert-OH is 1. The summed E-state index contributed by atoms with van der Waals surface area (Å²) >= 11 is 12.4. The summed E-state index contributed by atoms with van der Waals surface area (Å²) in [7, 11) is 0. The first kappa shape index (κ1) is 24.6. The van der Waals surface area contributed by atoms with E-state index < -0.39 is 23.5 Å². The number of nitrogens with zero attached hydrogens (tertiary/aromatic N) is 1. The first-order valence-electron chi connectivity index (χ1n) is 11.1. The first-order valence-corrected chi connectivity index (χ1v) is 11.8. The minimum absolute atomic E-state index is 0.0888. The molecule has 1 saturated heterocycles. The third-order valence-electron chi connectivity index (χ3n) is 5.54. The van der Waals surface area contributed by atoms with Crippen LogP contribution in [0.3, 0.4) is 0 Å². The highest BCUT2D eigenvalue weighted by Crippen LogP contribution is 2.44. The summed E-state index contributed by atoms with van der Waals surface area (Å²) in [5, 5.41) is 12.1. The number of Topliss-reactive ketones (excluding diaryl/α,β-unsaturated/α-hetero) is 1. The van der Waals surface area contributed by atoms with Gasteiger partial charge in [0.15, 0.2) is 0 Å². The van der Waals surface area contributed by atoms with Crippen molar-refractivity contribution in [3.05, 3.63) is 93.5 Å². The molecule has 4 rings (SSSR count). The van der Waals surface area contributed by atoms with Gasteiger partial charge in [-0.05, 0) is 74.0 Å². The van der Waals surface area contributed by atoms with Gasteiger partial charge in [-0.25, -0.2) is 0 Å². The molecule has 0 aromatic heterocycles. The number of benzene rings is 3. The van der Waals surface area contributed by atoms with Crippen LogP contribution in [0.15, 0.2) is 72.3 Å². The average molecular weight is 512 g/mol. The van der Waals surface area contributed by atoms with E-state index in [9.17, 15) is 14.7 Å². The Kier molecular flexibility index (Phi) is 7.34. The van der Waals surface area contributed by atoms with Crippen molar-refractivity contribution in [2.75, 3.05) is 18.1 Å². The maximum atomic E-state index is 13.3. The summed E-state index contributed by atoms with van der Waals surface area (Å²) in [5.41, 5.74) is 1.15. The van der Waals surface area contributed by atoms with Crippen molar-refractivity contribution in [3.8, 4) is 11.5 Å². The fourth-order valence-corrected chi connectivity index (χ4v) is 4.38. The third-order valence-corrected chi connectivity index (χ3v) is 6.12. The molecule has 1 fully saturated rings. The van der Waals surface area contributed by atoms with Crippen molar-refractivity contribution in [3.63, 3.8) is 0 Å². The lowest BCUT2D eigenvalue weighted by Crippen LogP contribution is -2.29. The molecule has 1 atom stereocenters. The number of ketones is 1. The largest absolute Gasteiger partial charge is 0.507 e. The van der Waals surface area contributed by atoms with Crippen LogP contribution in [-0.4, -0.2) is 30.0 Å². The van der Waals surface area contributed by atoms with Crippen molar-refractivity contribution in [2.45, 2.75) is 19.9 Å². The maximum absolute atomic E-state index is 13.3. The Morgan fingerprint density at radius 1 is 0.914 bits per heavy atom. The molecule has 35 heavy (non-hydrogen) atoms. The molecule has 3 aromatic carbocycles. The highest BCUT2D eigenvalue weighted by atomic mass is 35.5. The summed E-state index contributed by atoms with van der Waals surface area (Å²) in [5.74, 6) is -0.957. The molecule has 1 unspecified atom stereocenters. The van der Waals surface area contributed by atoms with E-state index >= 15 is 0 Å². The van der Waals surface area contributed by atoms with E-state index in [4.69, 9.17) is 32.7 Å². The molecular formula is C27H23Cl2NO5. The van der Waals surface area contributed by atoms with Crippen LogP contribution >= 0.6 is 23.2 Å². The first-order chi connectivity index (χ1) is 16.8. The number of hydrogen-bond donors (Lipinski definition) is 1. The van der Waals surface area contributed by atoms with E-state index in [1.165, 1.54) is 4.90 Å². The van der Waals surface area contributed by atoms with Gasteiger partial charge in [-0.1, -0.05) is 35.3 Å². The van der Waals surface area contributed by atoms with E-state index in [0.717, 1.165) is 0 Å². The van der Waals surface area contributed by atoms with Crippen molar-refractivity contribution in [1.29, 1.82) is 0 Å². The molecule has 1 aliphatic rings. The topological polar surface area (TPSA) is 76.1 Å². The summed E-state index contributed by atoms with van der Waals surface area (Å²) in [4.78, 5) is 28.0. The van der Waals surface area contributed by atoms with Gasteiger partial charge < -0.3 is 14.6 Å². The monoisotopic (exact) mass is 511 g/mol. The van der Waals surface area contributed by atoms with Crippen molar-refractivity contribution in [2.24, 2.45) is 0 Å². The van der Waals surface area contributed by atoms with Gasteiger partial charge >= 0.3 is 0 Å². The average Bonchev–Trinajstić information content (AvgIpc) is 3.11. The highest BCUT2D eigenvalue weighted by Gasteiger charge is 2.47. The van der Waals surface area contributed by atoms with E-state index in [-0.39, 0.29) is 16.2 Å². The zero-order valence-corrected chi connectivity index (χ0v) is 20.6. The van der Waals surface area contributed by atoms with E-state index in [2.05, 4.69) is 0 Å². The van der Waals surface area contributed by atoms with Gasteiger partial charge in [-0.3, -0.25) is 14.5 Å². The fraction of sp³-hybridized carbons (Fsp3) is 0.185. The second-order valence-corrected chi connectivity index (χ2v) is 8.57. The molecule has 0 spiro atoms. The van der Waals surface area contributed by atoms with Crippen LogP contribution in [0, 0.1) is 0 Å². The number of carbonyl (C=O) groups excluding carboxylic acids is 2. The number of aliphatic hydroxyl groups is 1. The van der Waals surface area contributed by atoms with E-state index in [0.29, 0.717) is 41.0 Å². The molecule has 1 heterocycles. The van der Waals surface area contributed by atoms with Gasteiger partial charge in [0.25, 0.3) is 11.7 Å². The number of ether oxygens (including phenoxy) is 2. The van der Waals surface area contributed by atoms with Crippen LogP contribution in [0.2, 0.25) is 10.0 Å². The zero-order chi connectivity index (χ0) is 25.1. The number of rotatable bonds is 7. The Balaban J connectivity index is 1.95. The zero-order valence-electron chi connectivity index (χ0n) is 19.1. The highest BCUT2D eigenvalue weighted by molar-refractivity contribution is 6.52. The molecule has 0 bridgehead atoms. The van der Waals surface area contributed by atoms with E-state index in [1.54, 1.807) is 66.7 Å². The minimum Gasteiger partial charge on any atom is -0.507 e. The summed E-state index contributed by atoms with van der Waals surface area (Å²) in [6, 6.07) is 17.5. The summed E-state index contributed by atoms with van der Waals surface area (Å²) in [6.45, 7) is 4.55. The van der Waals surface area contributed by atoms with Crippen LogP contribution in [0.1, 0.15) is 31.0 Å².